The van der Waals surface area contributed by atoms with Gasteiger partial charge in [-0.1, -0.05) is 52.7 Å². The Kier molecular flexibility index (Phi) is 7.83. The lowest BCUT2D eigenvalue weighted by Gasteiger charge is -2.23. The van der Waals surface area contributed by atoms with Crippen molar-refractivity contribution in [3.8, 4) is 0 Å². The lowest BCUT2D eigenvalue weighted by Crippen LogP contribution is -2.31. The van der Waals surface area contributed by atoms with Crippen LogP contribution in [0.4, 0.5) is 4.39 Å². The molecule has 114 valence electrons. The molecule has 0 aliphatic rings. The zero-order chi connectivity index (χ0) is 15.0. The fourth-order valence-corrected chi connectivity index (χ4v) is 2.69. The summed E-state index contributed by atoms with van der Waals surface area (Å²) >= 11 is 0. The van der Waals surface area contributed by atoms with Gasteiger partial charge in [0.15, 0.2) is 0 Å². The molecule has 1 rings (SSSR count). The van der Waals surface area contributed by atoms with Gasteiger partial charge in [-0.15, -0.1) is 0 Å². The molecule has 0 fully saturated rings. The summed E-state index contributed by atoms with van der Waals surface area (Å²) in [5.74, 6) is 1.28. The summed E-state index contributed by atoms with van der Waals surface area (Å²) in [5.41, 5.74) is 1.24. The van der Waals surface area contributed by atoms with Gasteiger partial charge in [0, 0.05) is 6.04 Å². The van der Waals surface area contributed by atoms with Gasteiger partial charge in [0.25, 0.3) is 0 Å². The Morgan fingerprint density at radius 3 is 2.10 bits per heavy atom. The highest BCUT2D eigenvalue weighted by molar-refractivity contribution is 5.16. The zero-order valence-electron chi connectivity index (χ0n) is 13.5. The van der Waals surface area contributed by atoms with Crippen molar-refractivity contribution in [2.75, 3.05) is 6.54 Å². The van der Waals surface area contributed by atoms with E-state index in [1.165, 1.54) is 24.8 Å². The molecular formula is C18H30FN. The molecule has 1 N–H and O–H groups in total. The minimum absolute atomic E-state index is 0.148. The molecule has 20 heavy (non-hydrogen) atoms. The molecule has 0 spiro atoms. The second-order valence-electron chi connectivity index (χ2n) is 6.18. The first-order valence-electron chi connectivity index (χ1n) is 8.02. The maximum absolute atomic E-state index is 13.0. The van der Waals surface area contributed by atoms with Crippen LogP contribution in [0.5, 0.6) is 0 Å². The van der Waals surface area contributed by atoms with Crippen LogP contribution in [0.3, 0.4) is 0 Å². The average Bonchev–Trinajstić information content (AvgIpc) is 2.44. The van der Waals surface area contributed by atoms with Crippen LogP contribution in [0.25, 0.3) is 0 Å². The van der Waals surface area contributed by atoms with E-state index >= 15 is 0 Å². The molecule has 0 bridgehead atoms. The van der Waals surface area contributed by atoms with Crippen molar-refractivity contribution in [3.05, 3.63) is 35.6 Å². The van der Waals surface area contributed by atoms with Crippen molar-refractivity contribution in [1.82, 2.24) is 5.32 Å². The molecule has 1 unspecified atom stereocenters. The first-order chi connectivity index (χ1) is 9.55. The highest BCUT2D eigenvalue weighted by Gasteiger charge is 2.15. The van der Waals surface area contributed by atoms with Gasteiger partial charge in [-0.3, -0.25) is 0 Å². The fraction of sp³-hybridized carbons (Fsp3) is 0.667. The molecule has 0 amide bonds. The van der Waals surface area contributed by atoms with E-state index in [-0.39, 0.29) is 5.82 Å². The summed E-state index contributed by atoms with van der Waals surface area (Å²) in [6.07, 6.45) is 4.79. The van der Waals surface area contributed by atoms with E-state index in [0.29, 0.717) is 12.0 Å². The summed E-state index contributed by atoms with van der Waals surface area (Å²) in [6, 6.07) is 7.50. The zero-order valence-corrected chi connectivity index (χ0v) is 13.5. The van der Waals surface area contributed by atoms with Crippen LogP contribution in [-0.4, -0.2) is 12.6 Å². The van der Waals surface area contributed by atoms with E-state index in [4.69, 9.17) is 0 Å². The fourth-order valence-electron chi connectivity index (χ4n) is 2.69. The van der Waals surface area contributed by atoms with Gasteiger partial charge < -0.3 is 5.32 Å². The van der Waals surface area contributed by atoms with Crippen LogP contribution in [-0.2, 0) is 6.42 Å². The molecule has 1 nitrogen and oxygen atoms in total. The first kappa shape index (κ1) is 17.2. The molecular weight excluding hydrogens is 249 g/mol. The summed E-state index contributed by atoms with van der Waals surface area (Å²) in [5, 5.41) is 3.56. The van der Waals surface area contributed by atoms with Crippen LogP contribution in [0, 0.1) is 17.7 Å². The third-order valence-electron chi connectivity index (χ3n) is 4.07. The molecule has 1 aromatic rings. The molecule has 0 aliphatic carbocycles. The van der Waals surface area contributed by atoms with E-state index in [1.807, 2.05) is 12.1 Å². The topological polar surface area (TPSA) is 12.0 Å². The van der Waals surface area contributed by atoms with Crippen LogP contribution >= 0.6 is 0 Å². The number of hydrogen-bond acceptors (Lipinski definition) is 1. The lowest BCUT2D eigenvalue weighted by atomic mass is 9.86. The predicted octanol–water partition coefficient (Wildman–Crippen LogP) is 4.81. The van der Waals surface area contributed by atoms with Gasteiger partial charge >= 0.3 is 0 Å². The predicted molar refractivity (Wildman–Crippen MR) is 85.4 cm³/mol. The smallest absolute Gasteiger partial charge is 0.123 e. The molecule has 0 saturated heterocycles. The van der Waals surface area contributed by atoms with Crippen LogP contribution < -0.4 is 5.32 Å². The molecule has 1 atom stereocenters. The molecule has 0 aliphatic heterocycles. The van der Waals surface area contributed by atoms with E-state index < -0.39 is 0 Å². The number of halogens is 1. The van der Waals surface area contributed by atoms with Gasteiger partial charge in [-0.2, -0.15) is 0 Å². The van der Waals surface area contributed by atoms with Crippen LogP contribution in [0.15, 0.2) is 24.3 Å². The van der Waals surface area contributed by atoms with Crippen molar-refractivity contribution in [2.45, 2.75) is 59.4 Å². The Hall–Kier alpha value is -0.890. The van der Waals surface area contributed by atoms with Crippen molar-refractivity contribution < 1.29 is 4.39 Å². The Bertz CT molecular complexity index is 354. The second-order valence-corrected chi connectivity index (χ2v) is 6.18. The van der Waals surface area contributed by atoms with E-state index in [2.05, 4.69) is 33.0 Å². The molecule has 0 heterocycles. The number of rotatable bonds is 9. The van der Waals surface area contributed by atoms with Crippen molar-refractivity contribution >= 4 is 0 Å². The minimum Gasteiger partial charge on any atom is -0.314 e. The quantitative estimate of drug-likeness (QED) is 0.684. The van der Waals surface area contributed by atoms with Gasteiger partial charge in [-0.25, -0.2) is 4.39 Å². The van der Waals surface area contributed by atoms with Gasteiger partial charge in [-0.05, 0) is 48.9 Å². The molecule has 0 saturated carbocycles. The normalized spacial score (nSPS) is 13.2. The SMILES string of the molecule is CCC(CC)CC(CNC(C)C)Cc1ccc(F)cc1. The summed E-state index contributed by atoms with van der Waals surface area (Å²) in [7, 11) is 0. The van der Waals surface area contributed by atoms with Crippen molar-refractivity contribution in [3.63, 3.8) is 0 Å². The third-order valence-corrected chi connectivity index (χ3v) is 4.07. The van der Waals surface area contributed by atoms with E-state index in [1.54, 1.807) is 12.1 Å². The second kappa shape index (κ2) is 9.12. The van der Waals surface area contributed by atoms with Gasteiger partial charge in [0.2, 0.25) is 0 Å². The molecule has 1 aromatic carbocycles. The Balaban J connectivity index is 2.62. The molecule has 2 heteroatoms. The Morgan fingerprint density at radius 1 is 1.00 bits per heavy atom. The third kappa shape index (κ3) is 6.51. The first-order valence-corrected chi connectivity index (χ1v) is 8.02. The maximum atomic E-state index is 13.0. The van der Waals surface area contributed by atoms with E-state index in [9.17, 15) is 4.39 Å². The van der Waals surface area contributed by atoms with Crippen LogP contribution in [0.1, 0.15) is 52.5 Å². The summed E-state index contributed by atoms with van der Waals surface area (Å²) < 4.78 is 13.0. The van der Waals surface area contributed by atoms with Gasteiger partial charge in [0.05, 0.1) is 0 Å². The number of hydrogen-bond donors (Lipinski definition) is 1. The largest absolute Gasteiger partial charge is 0.314 e. The van der Waals surface area contributed by atoms with Crippen molar-refractivity contribution in [2.24, 2.45) is 11.8 Å². The summed E-state index contributed by atoms with van der Waals surface area (Å²) in [4.78, 5) is 0. The average molecular weight is 279 g/mol. The van der Waals surface area contributed by atoms with Crippen molar-refractivity contribution in [1.29, 1.82) is 0 Å². The van der Waals surface area contributed by atoms with Crippen LogP contribution in [0.2, 0.25) is 0 Å². The monoisotopic (exact) mass is 279 g/mol. The highest BCUT2D eigenvalue weighted by Crippen LogP contribution is 2.22. The Morgan fingerprint density at radius 2 is 1.60 bits per heavy atom. The number of nitrogens with one attached hydrogen (secondary N) is 1. The van der Waals surface area contributed by atoms with E-state index in [0.717, 1.165) is 18.9 Å². The molecule has 0 aromatic heterocycles. The maximum Gasteiger partial charge on any atom is 0.123 e. The van der Waals surface area contributed by atoms with Gasteiger partial charge in [0.1, 0.15) is 5.82 Å². The number of benzene rings is 1. The summed E-state index contributed by atoms with van der Waals surface area (Å²) in [6.45, 7) is 9.97. The standard InChI is InChI=1S/C18H30FN/c1-5-15(6-2)11-17(13-20-14(3)4)12-16-7-9-18(19)10-8-16/h7-10,14-15,17,20H,5-6,11-13H2,1-4H3. The lowest BCUT2D eigenvalue weighted by molar-refractivity contribution is 0.331. The Labute approximate surface area is 124 Å². The highest BCUT2D eigenvalue weighted by atomic mass is 19.1. The molecule has 0 radical (unpaired) electrons. The minimum atomic E-state index is -0.148.